The molecular formula is C26H36ClN5O5. The molecule has 2 aliphatic heterocycles. The van der Waals surface area contributed by atoms with Gasteiger partial charge in [-0.05, 0) is 18.1 Å². The zero-order valence-electron chi connectivity index (χ0n) is 21.9. The van der Waals surface area contributed by atoms with Crippen LogP contribution in [0.2, 0.25) is 0 Å². The molecule has 2 aliphatic rings. The van der Waals surface area contributed by atoms with Gasteiger partial charge in [0, 0.05) is 43.4 Å². The molecule has 0 amide bonds. The summed E-state index contributed by atoms with van der Waals surface area (Å²) in [6, 6.07) is 9.22. The number of rotatable bonds is 9. The van der Waals surface area contributed by atoms with Gasteiger partial charge < -0.3 is 24.3 Å². The molecule has 10 nitrogen and oxygen atoms in total. The molecular weight excluding hydrogens is 498 g/mol. The minimum absolute atomic E-state index is 0. The van der Waals surface area contributed by atoms with Crippen LogP contribution in [0, 0.1) is 0 Å². The summed E-state index contributed by atoms with van der Waals surface area (Å²) in [6.45, 7) is 7.06. The summed E-state index contributed by atoms with van der Waals surface area (Å²) < 4.78 is 22.6. The van der Waals surface area contributed by atoms with Crippen molar-refractivity contribution in [2.24, 2.45) is 10.7 Å². The van der Waals surface area contributed by atoms with Crippen molar-refractivity contribution in [2.45, 2.75) is 25.4 Å². The Morgan fingerprint density at radius 1 is 1.08 bits per heavy atom. The number of piperazine rings is 1. The van der Waals surface area contributed by atoms with E-state index >= 15 is 0 Å². The Kier molecular flexibility index (Phi) is 9.25. The third kappa shape index (κ3) is 5.47. The normalized spacial score (nSPS) is 19.2. The van der Waals surface area contributed by atoms with Gasteiger partial charge in [-0.2, -0.15) is 0 Å². The van der Waals surface area contributed by atoms with Gasteiger partial charge in [0.15, 0.2) is 29.6 Å². The number of carbonyl (C=O) groups is 1. The van der Waals surface area contributed by atoms with Crippen LogP contribution in [0.3, 0.4) is 0 Å². The maximum atomic E-state index is 13.7. The summed E-state index contributed by atoms with van der Waals surface area (Å²) in [7, 11) is 4.69. The smallest absolute Gasteiger partial charge is 0.216 e. The molecule has 37 heavy (non-hydrogen) atoms. The lowest BCUT2D eigenvalue weighted by Crippen LogP contribution is -2.56. The van der Waals surface area contributed by atoms with Crippen LogP contribution in [0.25, 0.3) is 0 Å². The molecule has 0 aliphatic carbocycles. The van der Waals surface area contributed by atoms with Crippen LogP contribution in [-0.4, -0.2) is 71.2 Å². The Balaban J connectivity index is 0.00000380. The van der Waals surface area contributed by atoms with E-state index in [0.717, 1.165) is 31.7 Å². The van der Waals surface area contributed by atoms with Crippen LogP contribution in [-0.2, 0) is 10.5 Å². The molecule has 1 saturated heterocycles. The summed E-state index contributed by atoms with van der Waals surface area (Å²) >= 11 is 0. The van der Waals surface area contributed by atoms with E-state index < -0.39 is 11.4 Å². The third-order valence-corrected chi connectivity index (χ3v) is 6.55. The topological polar surface area (TPSA) is 111 Å². The summed E-state index contributed by atoms with van der Waals surface area (Å²) in [4.78, 5) is 18.2. The van der Waals surface area contributed by atoms with Crippen LogP contribution in [0.1, 0.15) is 30.9 Å². The van der Waals surface area contributed by atoms with E-state index in [4.69, 9.17) is 24.7 Å². The molecule has 0 saturated carbocycles. The first-order valence-electron chi connectivity index (χ1n) is 12.0. The maximum absolute atomic E-state index is 13.7. The van der Waals surface area contributed by atoms with Gasteiger partial charge in [0.1, 0.15) is 6.34 Å². The standard InChI is InChI=1S/C26H35N5O5.ClH/c1-17(2)18-7-6-8-21(33-3)25(18)36-15-24(32)26(27)19-13-22(34-4)23(35-5)14-20(19)31(16-29-26)30-11-9-28-10-12-30;/h6-8,13-14,16-17,28H,9-12,15,27H2,1-5H3;1H. The number of hydrazine groups is 1. The highest BCUT2D eigenvalue weighted by Gasteiger charge is 2.43. The number of hydrogen-bond donors (Lipinski definition) is 2. The second-order valence-corrected chi connectivity index (χ2v) is 9.03. The van der Waals surface area contributed by atoms with E-state index in [1.807, 2.05) is 23.2 Å². The zero-order chi connectivity index (χ0) is 25.9. The third-order valence-electron chi connectivity index (χ3n) is 6.55. The van der Waals surface area contributed by atoms with Crippen molar-refractivity contribution in [3.05, 3.63) is 41.5 Å². The molecule has 2 aromatic carbocycles. The van der Waals surface area contributed by atoms with E-state index in [1.165, 1.54) is 0 Å². The minimum atomic E-state index is -1.67. The monoisotopic (exact) mass is 533 g/mol. The fraction of sp³-hybridized carbons (Fsp3) is 0.462. The van der Waals surface area contributed by atoms with Gasteiger partial charge in [-0.25, -0.2) is 10.0 Å². The molecule has 1 atom stereocenters. The number of aliphatic imine (C=N–C) groups is 1. The first-order chi connectivity index (χ1) is 17.3. The van der Waals surface area contributed by atoms with Gasteiger partial charge in [-0.3, -0.25) is 15.5 Å². The fourth-order valence-corrected chi connectivity index (χ4v) is 4.51. The number of nitrogens with zero attached hydrogens (tertiary/aromatic N) is 3. The number of nitrogens with two attached hydrogens (primary N) is 1. The van der Waals surface area contributed by atoms with Crippen LogP contribution in [0.5, 0.6) is 23.0 Å². The number of ether oxygens (including phenoxy) is 4. The number of halogens is 1. The van der Waals surface area contributed by atoms with Crippen molar-refractivity contribution in [3.8, 4) is 23.0 Å². The van der Waals surface area contributed by atoms with E-state index in [2.05, 4.69) is 29.2 Å². The molecule has 0 radical (unpaired) electrons. The number of methoxy groups -OCH3 is 3. The molecule has 202 valence electrons. The summed E-state index contributed by atoms with van der Waals surface area (Å²) in [5.74, 6) is 1.87. The predicted octanol–water partition coefficient (Wildman–Crippen LogP) is 2.69. The lowest BCUT2D eigenvalue weighted by atomic mass is 9.92. The van der Waals surface area contributed by atoms with Gasteiger partial charge in [-0.15, -0.1) is 12.4 Å². The van der Waals surface area contributed by atoms with Gasteiger partial charge in [0.2, 0.25) is 11.4 Å². The van der Waals surface area contributed by atoms with E-state index in [-0.39, 0.29) is 24.9 Å². The number of benzene rings is 2. The Morgan fingerprint density at radius 3 is 2.35 bits per heavy atom. The number of ketones is 1. The van der Waals surface area contributed by atoms with Crippen LogP contribution < -0.4 is 35.0 Å². The highest BCUT2D eigenvalue weighted by atomic mass is 35.5. The van der Waals surface area contributed by atoms with Crippen molar-refractivity contribution in [2.75, 3.05) is 59.1 Å². The molecule has 4 rings (SSSR count). The summed E-state index contributed by atoms with van der Waals surface area (Å²) in [5.41, 5.74) is 7.24. The fourth-order valence-electron chi connectivity index (χ4n) is 4.51. The highest BCUT2D eigenvalue weighted by molar-refractivity contribution is 5.98. The van der Waals surface area contributed by atoms with Crippen molar-refractivity contribution in [1.82, 2.24) is 10.3 Å². The van der Waals surface area contributed by atoms with Crippen LogP contribution >= 0.6 is 12.4 Å². The minimum Gasteiger partial charge on any atom is -0.493 e. The molecule has 3 N–H and O–H groups in total. The number of nitrogens with one attached hydrogen (secondary N) is 1. The molecule has 1 unspecified atom stereocenters. The Hall–Kier alpha value is -3.05. The molecule has 1 fully saturated rings. The number of Topliss-reactive ketones (excluding diaryl/α,β-unsaturated/α-hetero) is 1. The van der Waals surface area contributed by atoms with Crippen LogP contribution in [0.4, 0.5) is 5.69 Å². The SMILES string of the molecule is COc1cc2c(cc1OC)C(N)(C(=O)COc1c(OC)cccc1C(C)C)N=CN2N1CCNCC1.Cl. The van der Waals surface area contributed by atoms with Crippen LogP contribution in [0.15, 0.2) is 35.3 Å². The van der Waals surface area contributed by atoms with E-state index in [9.17, 15) is 4.79 Å². The van der Waals surface area contributed by atoms with Crippen molar-refractivity contribution in [1.29, 1.82) is 0 Å². The quantitative estimate of drug-likeness (QED) is 0.502. The largest absolute Gasteiger partial charge is 0.493 e. The Labute approximate surface area is 224 Å². The number of fused-ring (bicyclic) bond motifs is 1. The predicted molar refractivity (Wildman–Crippen MR) is 146 cm³/mol. The van der Waals surface area contributed by atoms with Gasteiger partial charge >= 0.3 is 0 Å². The lowest BCUT2D eigenvalue weighted by molar-refractivity contribution is -0.126. The second-order valence-electron chi connectivity index (χ2n) is 9.03. The van der Waals surface area contributed by atoms with Crippen molar-refractivity contribution >= 4 is 30.2 Å². The maximum Gasteiger partial charge on any atom is 0.216 e. The Morgan fingerprint density at radius 2 is 1.73 bits per heavy atom. The molecule has 0 bridgehead atoms. The van der Waals surface area contributed by atoms with Gasteiger partial charge in [0.25, 0.3) is 0 Å². The number of para-hydroxylation sites is 1. The van der Waals surface area contributed by atoms with Crippen molar-refractivity contribution < 1.29 is 23.7 Å². The Bertz CT molecular complexity index is 1140. The summed E-state index contributed by atoms with van der Waals surface area (Å²) in [6.07, 6.45) is 1.61. The lowest BCUT2D eigenvalue weighted by Gasteiger charge is -2.42. The summed E-state index contributed by atoms with van der Waals surface area (Å²) in [5, 5.41) is 7.42. The molecule has 0 aromatic heterocycles. The molecule has 2 heterocycles. The molecule has 11 heteroatoms. The molecule has 0 spiro atoms. The average Bonchev–Trinajstić information content (AvgIpc) is 2.91. The molecule has 2 aromatic rings. The first-order valence-corrected chi connectivity index (χ1v) is 12.0. The number of hydrogen-bond acceptors (Lipinski definition) is 10. The van der Waals surface area contributed by atoms with E-state index in [1.54, 1.807) is 39.8 Å². The number of anilines is 1. The average molecular weight is 534 g/mol. The van der Waals surface area contributed by atoms with Gasteiger partial charge in [-0.1, -0.05) is 26.0 Å². The second kappa shape index (κ2) is 12.0. The first kappa shape index (κ1) is 28.5. The van der Waals surface area contributed by atoms with Gasteiger partial charge in [0.05, 0.1) is 27.0 Å². The number of carbonyl (C=O) groups excluding carboxylic acids is 1. The zero-order valence-corrected chi connectivity index (χ0v) is 22.8. The van der Waals surface area contributed by atoms with E-state index in [0.29, 0.717) is 34.2 Å². The van der Waals surface area contributed by atoms with Crippen molar-refractivity contribution in [3.63, 3.8) is 0 Å². The highest BCUT2D eigenvalue weighted by Crippen LogP contribution is 2.43.